The van der Waals surface area contributed by atoms with Crippen LogP contribution in [0.3, 0.4) is 0 Å². The molecule has 2 aromatic heterocycles. The van der Waals surface area contributed by atoms with Crippen molar-refractivity contribution >= 4 is 28.8 Å². The first-order valence-corrected chi connectivity index (χ1v) is 7.96. The molecule has 0 aromatic carbocycles. The lowest BCUT2D eigenvalue weighted by Gasteiger charge is -2.33. The average molecular weight is 326 g/mol. The van der Waals surface area contributed by atoms with E-state index < -0.39 is 0 Å². The Hall–Kier alpha value is -1.44. The summed E-state index contributed by atoms with van der Waals surface area (Å²) in [6, 6.07) is 3.98. The number of nitrogens with zero attached hydrogens (tertiary/aromatic N) is 4. The molecule has 0 aliphatic carbocycles. The van der Waals surface area contributed by atoms with Gasteiger partial charge in [0, 0.05) is 37.6 Å². The molecule has 0 saturated carbocycles. The summed E-state index contributed by atoms with van der Waals surface area (Å²) in [5.41, 5.74) is 0. The molecule has 0 atom stereocenters. The largest absolute Gasteiger partial charge is 0.333 e. The van der Waals surface area contributed by atoms with Gasteiger partial charge in [-0.15, -0.1) is 16.4 Å². The molecule has 0 bridgehead atoms. The summed E-state index contributed by atoms with van der Waals surface area (Å²) in [4.78, 5) is 21.7. The Labute approximate surface area is 131 Å². The van der Waals surface area contributed by atoms with E-state index in [0.29, 0.717) is 18.9 Å². The van der Waals surface area contributed by atoms with Crippen molar-refractivity contribution in [3.63, 3.8) is 0 Å². The zero-order valence-corrected chi connectivity index (χ0v) is 13.2. The fourth-order valence-corrected chi connectivity index (χ4v) is 3.48. The molecule has 1 fully saturated rings. The van der Waals surface area contributed by atoms with E-state index in [9.17, 15) is 4.79 Å². The fraction of sp³-hybridized carbons (Fsp3) is 0.462. The molecule has 6 nitrogen and oxygen atoms in total. The number of carbonyl (C=O) groups excluding carboxylic acids is 1. The third-order valence-electron chi connectivity index (χ3n) is 3.46. The van der Waals surface area contributed by atoms with Crippen LogP contribution in [0, 0.1) is 6.92 Å². The molecule has 0 spiro atoms. The van der Waals surface area contributed by atoms with Crippen LogP contribution in [0.25, 0.3) is 0 Å². The number of aromatic amines is 1. The van der Waals surface area contributed by atoms with Gasteiger partial charge in [0.15, 0.2) is 0 Å². The number of halogens is 1. The van der Waals surface area contributed by atoms with E-state index in [2.05, 4.69) is 26.1 Å². The average Bonchev–Trinajstić information content (AvgIpc) is 3.08. The molecule has 0 radical (unpaired) electrons. The first-order chi connectivity index (χ1) is 10.1. The number of aryl methyl sites for hydroxylation is 1. The number of nitrogens with one attached hydrogen (secondary N) is 1. The van der Waals surface area contributed by atoms with Crippen molar-refractivity contribution in [2.45, 2.75) is 13.5 Å². The zero-order chi connectivity index (χ0) is 14.8. The lowest BCUT2D eigenvalue weighted by Crippen LogP contribution is -2.48. The third kappa shape index (κ3) is 3.42. The van der Waals surface area contributed by atoms with Gasteiger partial charge in [0.25, 0.3) is 5.91 Å². The number of aromatic nitrogens is 3. The molecule has 0 unspecified atom stereocenters. The maximum Gasteiger partial charge on any atom is 0.293 e. The van der Waals surface area contributed by atoms with Gasteiger partial charge >= 0.3 is 0 Å². The number of hydrogen-bond acceptors (Lipinski definition) is 5. The highest BCUT2D eigenvalue weighted by atomic mass is 35.5. The van der Waals surface area contributed by atoms with Gasteiger partial charge < -0.3 is 4.90 Å². The Morgan fingerprint density at radius 2 is 2.14 bits per heavy atom. The Bertz CT molecular complexity index is 632. The molecule has 112 valence electrons. The third-order valence-corrected chi connectivity index (χ3v) is 4.67. The molecule has 1 amide bonds. The minimum Gasteiger partial charge on any atom is -0.333 e. The standard InChI is InChI=1S/C13H16ClN5OS/c1-9-15-12(17-16-9)13(20)19-6-4-18(5-7-19)8-10-2-3-11(14)21-10/h2-3H,4-8H2,1H3,(H,15,16,17). The predicted octanol–water partition coefficient (Wildman–Crippen LogP) is 1.79. The van der Waals surface area contributed by atoms with Gasteiger partial charge in [0.1, 0.15) is 5.82 Å². The second-order valence-corrected chi connectivity index (χ2v) is 6.82. The van der Waals surface area contributed by atoms with Crippen LogP contribution in [0.1, 0.15) is 21.3 Å². The van der Waals surface area contributed by atoms with E-state index in [1.165, 1.54) is 4.88 Å². The quantitative estimate of drug-likeness (QED) is 0.934. The Balaban J connectivity index is 1.54. The summed E-state index contributed by atoms with van der Waals surface area (Å²) in [5.74, 6) is 0.815. The van der Waals surface area contributed by atoms with Crippen LogP contribution < -0.4 is 0 Å². The van der Waals surface area contributed by atoms with E-state index >= 15 is 0 Å². The highest BCUT2D eigenvalue weighted by Gasteiger charge is 2.24. The van der Waals surface area contributed by atoms with Gasteiger partial charge in [0.05, 0.1) is 4.34 Å². The summed E-state index contributed by atoms with van der Waals surface area (Å²) >= 11 is 7.55. The summed E-state index contributed by atoms with van der Waals surface area (Å²) in [6.07, 6.45) is 0. The van der Waals surface area contributed by atoms with E-state index in [-0.39, 0.29) is 11.7 Å². The molecule has 3 rings (SSSR count). The Morgan fingerprint density at radius 1 is 1.38 bits per heavy atom. The summed E-state index contributed by atoms with van der Waals surface area (Å²) in [5, 5.41) is 6.63. The molecule has 21 heavy (non-hydrogen) atoms. The maximum atomic E-state index is 12.2. The van der Waals surface area contributed by atoms with Crippen LogP contribution in [0.2, 0.25) is 4.34 Å². The lowest BCUT2D eigenvalue weighted by molar-refractivity contribution is 0.0618. The topological polar surface area (TPSA) is 65.1 Å². The molecule has 1 saturated heterocycles. The van der Waals surface area contributed by atoms with E-state index in [0.717, 1.165) is 24.0 Å². The van der Waals surface area contributed by atoms with E-state index in [1.807, 2.05) is 6.07 Å². The van der Waals surface area contributed by atoms with E-state index in [1.54, 1.807) is 23.2 Å². The highest BCUT2D eigenvalue weighted by molar-refractivity contribution is 7.16. The molecule has 2 aromatic rings. The van der Waals surface area contributed by atoms with Gasteiger partial charge in [0.2, 0.25) is 5.82 Å². The van der Waals surface area contributed by atoms with Crippen molar-refractivity contribution in [1.29, 1.82) is 0 Å². The minimum absolute atomic E-state index is 0.0989. The summed E-state index contributed by atoms with van der Waals surface area (Å²) in [7, 11) is 0. The molecule has 1 aliphatic heterocycles. The van der Waals surface area contributed by atoms with Crippen LogP contribution in [0.15, 0.2) is 12.1 Å². The Morgan fingerprint density at radius 3 is 2.71 bits per heavy atom. The molecule has 3 heterocycles. The lowest BCUT2D eigenvalue weighted by atomic mass is 10.3. The van der Waals surface area contributed by atoms with Gasteiger partial charge in [-0.1, -0.05) is 11.6 Å². The molecule has 1 N–H and O–H groups in total. The first kappa shape index (κ1) is 14.5. The minimum atomic E-state index is -0.0989. The van der Waals surface area contributed by atoms with Crippen LogP contribution in [0.5, 0.6) is 0 Å². The molecular formula is C13H16ClN5OS. The van der Waals surface area contributed by atoms with Gasteiger partial charge in [-0.05, 0) is 19.1 Å². The zero-order valence-electron chi connectivity index (χ0n) is 11.7. The molecule has 1 aliphatic rings. The van der Waals surface area contributed by atoms with Crippen LogP contribution >= 0.6 is 22.9 Å². The van der Waals surface area contributed by atoms with Crippen molar-refractivity contribution in [3.8, 4) is 0 Å². The van der Waals surface area contributed by atoms with Crippen molar-refractivity contribution in [3.05, 3.63) is 33.0 Å². The van der Waals surface area contributed by atoms with Gasteiger partial charge in [-0.3, -0.25) is 14.8 Å². The van der Waals surface area contributed by atoms with Gasteiger partial charge in [-0.2, -0.15) is 0 Å². The SMILES string of the molecule is Cc1nc(C(=O)N2CCN(Cc3ccc(Cl)s3)CC2)n[nH]1. The first-order valence-electron chi connectivity index (χ1n) is 6.76. The number of rotatable bonds is 3. The van der Waals surface area contributed by atoms with Crippen molar-refractivity contribution in [1.82, 2.24) is 25.0 Å². The van der Waals surface area contributed by atoms with Crippen LogP contribution in [0.4, 0.5) is 0 Å². The van der Waals surface area contributed by atoms with Crippen molar-refractivity contribution < 1.29 is 4.79 Å². The van der Waals surface area contributed by atoms with Crippen molar-refractivity contribution in [2.24, 2.45) is 0 Å². The highest BCUT2D eigenvalue weighted by Crippen LogP contribution is 2.23. The Kier molecular flexibility index (Phi) is 4.23. The van der Waals surface area contributed by atoms with Crippen LogP contribution in [-0.4, -0.2) is 57.1 Å². The fourth-order valence-electron chi connectivity index (χ4n) is 2.35. The smallest absolute Gasteiger partial charge is 0.293 e. The monoisotopic (exact) mass is 325 g/mol. The predicted molar refractivity (Wildman–Crippen MR) is 81.6 cm³/mol. The summed E-state index contributed by atoms with van der Waals surface area (Å²) in [6.45, 7) is 5.78. The molecule has 8 heteroatoms. The normalized spacial score (nSPS) is 16.4. The summed E-state index contributed by atoms with van der Waals surface area (Å²) < 4.78 is 0.818. The number of carbonyl (C=O) groups is 1. The second kappa shape index (κ2) is 6.13. The number of amides is 1. The van der Waals surface area contributed by atoms with Crippen molar-refractivity contribution in [2.75, 3.05) is 26.2 Å². The van der Waals surface area contributed by atoms with Gasteiger partial charge in [-0.25, -0.2) is 4.98 Å². The number of H-pyrrole nitrogens is 1. The number of hydrogen-bond donors (Lipinski definition) is 1. The second-order valence-electron chi connectivity index (χ2n) is 5.02. The van der Waals surface area contributed by atoms with Crippen LogP contribution in [-0.2, 0) is 6.54 Å². The van der Waals surface area contributed by atoms with E-state index in [4.69, 9.17) is 11.6 Å². The number of piperazine rings is 1. The molecular weight excluding hydrogens is 310 g/mol. The maximum absolute atomic E-state index is 12.2. The number of thiophene rings is 1.